The average Bonchev–Trinajstić information content (AvgIpc) is 1.59. The van der Waals surface area contributed by atoms with Crippen LogP contribution in [0.2, 0.25) is 0 Å². The first-order valence-electron chi connectivity index (χ1n) is 37.5. The van der Waals surface area contributed by atoms with Crippen molar-refractivity contribution in [2.45, 2.75) is 0 Å². The van der Waals surface area contributed by atoms with E-state index in [1.165, 1.54) is 71.4 Å². The molecule has 0 fully saturated rings. The van der Waals surface area contributed by atoms with E-state index in [4.69, 9.17) is 15.0 Å². The predicted molar refractivity (Wildman–Crippen MR) is 459 cm³/mol. The van der Waals surface area contributed by atoms with Crippen LogP contribution in [0.15, 0.2) is 419 Å². The number of benzene rings is 17. The van der Waals surface area contributed by atoms with Crippen LogP contribution in [0.3, 0.4) is 0 Å². The Morgan fingerprint density at radius 1 is 0.127 bits per heavy atom. The highest BCUT2D eigenvalue weighted by Gasteiger charge is 2.19. The van der Waals surface area contributed by atoms with Crippen LogP contribution in [0.1, 0.15) is 0 Å². The third-order valence-electron chi connectivity index (χ3n) is 21.6. The summed E-state index contributed by atoms with van der Waals surface area (Å²) in [6, 6.07) is 151. The van der Waals surface area contributed by atoms with E-state index in [0.29, 0.717) is 17.5 Å². The second kappa shape index (κ2) is 28.0. The van der Waals surface area contributed by atoms with Gasteiger partial charge in [-0.2, -0.15) is 0 Å². The molecular weight excluding hydrogens is 1330 g/mol. The summed E-state index contributed by atoms with van der Waals surface area (Å²) in [5.74, 6) is 1.76. The van der Waals surface area contributed by atoms with E-state index in [1.807, 2.05) is 0 Å². The van der Waals surface area contributed by atoms with Gasteiger partial charge >= 0.3 is 0 Å². The molecule has 0 spiro atoms. The van der Waals surface area contributed by atoms with Crippen molar-refractivity contribution in [3.63, 3.8) is 0 Å². The highest BCUT2D eigenvalue weighted by Crippen LogP contribution is 2.40. The van der Waals surface area contributed by atoms with Crippen LogP contribution in [-0.4, -0.2) is 24.1 Å². The monoisotopic (exact) mass is 1400 g/mol. The Labute approximate surface area is 639 Å². The van der Waals surface area contributed by atoms with E-state index in [9.17, 15) is 0 Å². The summed E-state index contributed by atoms with van der Waals surface area (Å²) in [5, 5.41) is 5.02. The lowest BCUT2D eigenvalue weighted by Gasteiger charge is -2.12. The van der Waals surface area contributed by atoms with Crippen molar-refractivity contribution in [2.24, 2.45) is 0 Å². The van der Waals surface area contributed by atoms with Crippen LogP contribution in [-0.2, 0) is 0 Å². The minimum absolute atomic E-state index is 0.584. The van der Waals surface area contributed by atoms with E-state index in [1.54, 1.807) is 0 Å². The van der Waals surface area contributed by atoms with Crippen LogP contribution in [0, 0.1) is 0 Å². The quantitative estimate of drug-likeness (QED) is 0.103. The van der Waals surface area contributed by atoms with Gasteiger partial charge in [0, 0.05) is 49.6 Å². The molecule has 20 aromatic rings. The number of hydrogen-bond donors (Lipinski definition) is 0. The van der Waals surface area contributed by atoms with Gasteiger partial charge in [-0.15, -0.1) is 0 Å². The zero-order valence-corrected chi connectivity index (χ0v) is 60.1. The van der Waals surface area contributed by atoms with Gasteiger partial charge in [-0.1, -0.05) is 322 Å². The molecule has 20 rings (SSSR count). The molecule has 110 heavy (non-hydrogen) atoms. The molecule has 0 N–H and O–H groups in total. The average molecular weight is 1400 g/mol. The smallest absolute Gasteiger partial charge is 0.164 e. The molecule has 0 radical (unpaired) electrons. The fourth-order valence-corrected chi connectivity index (χ4v) is 16.0. The Morgan fingerprint density at radius 3 is 0.573 bits per heavy atom. The Kier molecular flexibility index (Phi) is 16.5. The zero-order chi connectivity index (χ0) is 72.9. The lowest BCUT2D eigenvalue weighted by Crippen LogP contribution is -2.00. The van der Waals surface area contributed by atoms with Crippen molar-refractivity contribution >= 4 is 43.6 Å². The van der Waals surface area contributed by atoms with E-state index < -0.39 is 0 Å². The molecule has 0 aliphatic carbocycles. The van der Waals surface area contributed by atoms with Crippen LogP contribution in [0.4, 0.5) is 0 Å². The maximum atomic E-state index is 5.38. The fourth-order valence-electron chi connectivity index (χ4n) is 16.0. The summed E-state index contributed by atoms with van der Waals surface area (Å²) in [6.07, 6.45) is 0. The van der Waals surface area contributed by atoms with Gasteiger partial charge in [0.2, 0.25) is 0 Å². The van der Waals surface area contributed by atoms with Gasteiger partial charge in [-0.3, -0.25) is 0 Å². The van der Waals surface area contributed by atoms with Crippen molar-refractivity contribution in [1.82, 2.24) is 24.1 Å². The standard InChI is InChI=1S/C105H69N5/c1-2-20-70(21-3-1)77-22-12-26-81(62-77)82-27-13-23-78(63-82)73-48-46-71(47-49-73)72-50-52-76(53-51-72)103-106-104(91-36-18-34-89(68-91)87-32-16-30-85(66-87)83-28-14-24-79(64-83)74-54-58-93(59-55-74)109-99-42-8-4-38-95(99)96-39-5-9-43-100(96)109)108-105(107-103)92-37-19-35-90(69-92)88-33-17-31-86(67-88)84-29-15-25-80(65-84)75-56-60-94(61-57-75)110-101-44-10-6-40-97(101)98-41-7-11-45-102(98)110/h1-69H. The summed E-state index contributed by atoms with van der Waals surface area (Å²) in [7, 11) is 0. The Balaban J connectivity index is 0.607. The molecule has 0 unspecified atom stereocenters. The molecule has 0 saturated carbocycles. The van der Waals surface area contributed by atoms with Crippen molar-refractivity contribution in [3.8, 4) is 157 Å². The first-order valence-corrected chi connectivity index (χ1v) is 37.5. The predicted octanol–water partition coefficient (Wildman–Crippen LogP) is 27.7. The molecule has 5 nitrogen and oxygen atoms in total. The Bertz CT molecular complexity index is 6450. The van der Waals surface area contributed by atoms with Gasteiger partial charge < -0.3 is 9.13 Å². The highest BCUT2D eigenvalue weighted by atomic mass is 15.0. The van der Waals surface area contributed by atoms with Crippen LogP contribution in [0.25, 0.3) is 200 Å². The van der Waals surface area contributed by atoms with Crippen LogP contribution >= 0.6 is 0 Å². The molecule has 0 aliphatic heterocycles. The third kappa shape index (κ3) is 12.4. The number of fused-ring (bicyclic) bond motifs is 6. The molecule has 17 aromatic carbocycles. The van der Waals surface area contributed by atoms with Gasteiger partial charge in [0.25, 0.3) is 0 Å². The normalized spacial score (nSPS) is 11.5. The number of aromatic nitrogens is 5. The molecule has 514 valence electrons. The summed E-state index contributed by atoms with van der Waals surface area (Å²) in [4.78, 5) is 16.1. The number of para-hydroxylation sites is 4. The van der Waals surface area contributed by atoms with Crippen molar-refractivity contribution < 1.29 is 0 Å². The second-order valence-corrected chi connectivity index (χ2v) is 28.3. The van der Waals surface area contributed by atoms with Gasteiger partial charge in [-0.05, 0) is 208 Å². The third-order valence-corrected chi connectivity index (χ3v) is 21.6. The first-order chi connectivity index (χ1) is 54.5. The minimum Gasteiger partial charge on any atom is -0.309 e. The largest absolute Gasteiger partial charge is 0.309 e. The van der Waals surface area contributed by atoms with Crippen LogP contribution in [0.5, 0.6) is 0 Å². The molecule has 3 heterocycles. The topological polar surface area (TPSA) is 48.5 Å². The molecule has 0 saturated heterocycles. The van der Waals surface area contributed by atoms with Gasteiger partial charge in [-0.25, -0.2) is 15.0 Å². The second-order valence-electron chi connectivity index (χ2n) is 28.3. The Hall–Kier alpha value is -14.7. The molecular formula is C105H69N5. The zero-order valence-electron chi connectivity index (χ0n) is 60.1. The maximum absolute atomic E-state index is 5.38. The number of hydrogen-bond acceptors (Lipinski definition) is 3. The van der Waals surface area contributed by atoms with Gasteiger partial charge in [0.1, 0.15) is 0 Å². The maximum Gasteiger partial charge on any atom is 0.164 e. The highest BCUT2D eigenvalue weighted by molar-refractivity contribution is 6.10. The minimum atomic E-state index is 0.584. The van der Waals surface area contributed by atoms with Crippen LogP contribution < -0.4 is 0 Å². The summed E-state index contributed by atoms with van der Waals surface area (Å²) >= 11 is 0. The van der Waals surface area contributed by atoms with Crippen molar-refractivity contribution in [1.29, 1.82) is 0 Å². The lowest BCUT2D eigenvalue weighted by atomic mass is 9.95. The van der Waals surface area contributed by atoms with Crippen molar-refractivity contribution in [2.75, 3.05) is 0 Å². The molecule has 0 amide bonds. The van der Waals surface area contributed by atoms with E-state index in [-0.39, 0.29) is 0 Å². The number of rotatable bonds is 15. The molecule has 0 aliphatic rings. The van der Waals surface area contributed by atoms with E-state index in [2.05, 4.69) is 428 Å². The van der Waals surface area contributed by atoms with Gasteiger partial charge in [0.15, 0.2) is 17.5 Å². The fraction of sp³-hybridized carbons (Fsp3) is 0. The summed E-state index contributed by atoms with van der Waals surface area (Å²) in [5.41, 5.74) is 32.5. The SMILES string of the molecule is c1ccc(-c2cccc(-c3cccc(-c4ccc(-c5ccc(-c6nc(-c7cccc(-c8cccc(-c9cccc(-c%10ccc(-n%11c%12ccccc%12c%12ccccc%12%11)cc%10)c9)c8)c7)nc(-c7cccc(-c8cccc(-c9cccc(-c%10ccc(-n%11c%12ccccc%12c%12ccccc%12%11)cc%10)c9)c8)c7)n6)cc5)cc4)c3)c2)cc1. The molecule has 0 atom stereocenters. The van der Waals surface area contributed by atoms with Crippen molar-refractivity contribution in [3.05, 3.63) is 419 Å². The Morgan fingerprint density at radius 2 is 0.300 bits per heavy atom. The van der Waals surface area contributed by atoms with E-state index in [0.717, 1.165) is 112 Å². The summed E-state index contributed by atoms with van der Waals surface area (Å²) in [6.45, 7) is 0. The molecule has 0 bridgehead atoms. The number of nitrogens with zero attached hydrogens (tertiary/aromatic N) is 5. The molecule has 3 aromatic heterocycles. The lowest BCUT2D eigenvalue weighted by molar-refractivity contribution is 1.07. The molecule has 5 heteroatoms. The van der Waals surface area contributed by atoms with Gasteiger partial charge in [0.05, 0.1) is 22.1 Å². The first kappa shape index (κ1) is 64.9. The van der Waals surface area contributed by atoms with E-state index >= 15 is 0 Å². The summed E-state index contributed by atoms with van der Waals surface area (Å²) < 4.78 is 4.73.